The third kappa shape index (κ3) is 1.66. The summed E-state index contributed by atoms with van der Waals surface area (Å²) < 4.78 is 0. The van der Waals surface area contributed by atoms with Crippen LogP contribution in [0.4, 0.5) is 0 Å². The molecule has 1 heteroatoms. The molecular formula is C12H20O. The van der Waals surface area contributed by atoms with E-state index in [0.717, 1.165) is 11.8 Å². The summed E-state index contributed by atoms with van der Waals surface area (Å²) in [7, 11) is 0. The molecule has 0 amide bonds. The van der Waals surface area contributed by atoms with Crippen LogP contribution in [0.2, 0.25) is 0 Å². The topological polar surface area (TPSA) is 17.1 Å². The van der Waals surface area contributed by atoms with Gasteiger partial charge in [0.15, 0.2) is 0 Å². The van der Waals surface area contributed by atoms with Gasteiger partial charge in [-0.15, -0.1) is 0 Å². The molecule has 0 unspecified atom stereocenters. The first kappa shape index (κ1) is 9.23. The van der Waals surface area contributed by atoms with Crippen LogP contribution >= 0.6 is 0 Å². The average molecular weight is 180 g/mol. The average Bonchev–Trinajstić information content (AvgIpc) is 2.99. The number of carbonyl (C=O) groups is 1. The standard InChI is InChI=1S/C12H20O/c1-2-10-3-5-11(6-4-10)12(9-13)7-8-12/h9-11H,2-8H2,1H3. The number of hydrogen-bond donors (Lipinski definition) is 0. The summed E-state index contributed by atoms with van der Waals surface area (Å²) in [6.07, 6.45) is 10.3. The number of hydrogen-bond acceptors (Lipinski definition) is 1. The van der Waals surface area contributed by atoms with E-state index >= 15 is 0 Å². The molecule has 2 rings (SSSR count). The van der Waals surface area contributed by atoms with Gasteiger partial charge >= 0.3 is 0 Å². The molecule has 2 fully saturated rings. The van der Waals surface area contributed by atoms with E-state index in [1.807, 2.05) is 0 Å². The van der Waals surface area contributed by atoms with Crippen molar-refractivity contribution in [1.82, 2.24) is 0 Å². The molecule has 2 aliphatic rings. The van der Waals surface area contributed by atoms with Crippen LogP contribution in [0.15, 0.2) is 0 Å². The highest BCUT2D eigenvalue weighted by Gasteiger charge is 2.49. The Kier molecular flexibility index (Phi) is 2.44. The predicted octanol–water partition coefficient (Wildman–Crippen LogP) is 3.18. The normalized spacial score (nSPS) is 37.0. The molecule has 2 saturated carbocycles. The van der Waals surface area contributed by atoms with Crippen molar-refractivity contribution in [2.45, 2.75) is 51.9 Å². The van der Waals surface area contributed by atoms with E-state index in [0.29, 0.717) is 0 Å². The zero-order valence-corrected chi connectivity index (χ0v) is 8.59. The highest BCUT2D eigenvalue weighted by atomic mass is 16.1. The van der Waals surface area contributed by atoms with Crippen molar-refractivity contribution in [1.29, 1.82) is 0 Å². The fourth-order valence-electron chi connectivity index (χ4n) is 2.91. The van der Waals surface area contributed by atoms with Crippen LogP contribution in [0.5, 0.6) is 0 Å². The molecule has 13 heavy (non-hydrogen) atoms. The first-order valence-electron chi connectivity index (χ1n) is 5.77. The van der Waals surface area contributed by atoms with Gasteiger partial charge in [0.05, 0.1) is 0 Å². The van der Waals surface area contributed by atoms with Crippen molar-refractivity contribution in [2.24, 2.45) is 17.3 Å². The molecule has 1 nitrogen and oxygen atoms in total. The van der Waals surface area contributed by atoms with E-state index in [9.17, 15) is 4.79 Å². The van der Waals surface area contributed by atoms with Gasteiger partial charge < -0.3 is 4.79 Å². The zero-order valence-electron chi connectivity index (χ0n) is 8.59. The van der Waals surface area contributed by atoms with E-state index in [1.54, 1.807) is 0 Å². The van der Waals surface area contributed by atoms with Crippen LogP contribution in [0.1, 0.15) is 51.9 Å². The van der Waals surface area contributed by atoms with Crippen LogP contribution in [0, 0.1) is 17.3 Å². The van der Waals surface area contributed by atoms with Crippen LogP contribution < -0.4 is 0 Å². The minimum absolute atomic E-state index is 0.165. The highest BCUT2D eigenvalue weighted by molar-refractivity contribution is 5.64. The molecule has 0 saturated heterocycles. The molecule has 0 aromatic carbocycles. The van der Waals surface area contributed by atoms with Crippen molar-refractivity contribution in [3.8, 4) is 0 Å². The van der Waals surface area contributed by atoms with Gasteiger partial charge in [-0.3, -0.25) is 0 Å². The van der Waals surface area contributed by atoms with Gasteiger partial charge in [-0.2, -0.15) is 0 Å². The smallest absolute Gasteiger partial charge is 0.126 e. The quantitative estimate of drug-likeness (QED) is 0.610. The zero-order chi connectivity index (χ0) is 9.31. The molecule has 0 radical (unpaired) electrons. The van der Waals surface area contributed by atoms with Crippen LogP contribution in [0.3, 0.4) is 0 Å². The van der Waals surface area contributed by atoms with Gasteiger partial charge in [0.1, 0.15) is 6.29 Å². The monoisotopic (exact) mass is 180 g/mol. The molecule has 2 aliphatic carbocycles. The summed E-state index contributed by atoms with van der Waals surface area (Å²) >= 11 is 0. The van der Waals surface area contributed by atoms with E-state index in [1.165, 1.54) is 51.2 Å². The lowest BCUT2D eigenvalue weighted by molar-refractivity contribution is -0.114. The molecule has 74 valence electrons. The summed E-state index contributed by atoms with van der Waals surface area (Å²) in [6, 6.07) is 0. The summed E-state index contributed by atoms with van der Waals surface area (Å²) in [4.78, 5) is 10.9. The number of carbonyl (C=O) groups excluding carboxylic acids is 1. The second-order valence-electron chi connectivity index (χ2n) is 4.98. The Bertz CT molecular complexity index is 185. The molecule has 0 aromatic heterocycles. The molecule has 0 spiro atoms. The highest BCUT2D eigenvalue weighted by Crippen LogP contribution is 2.55. The minimum Gasteiger partial charge on any atom is -0.303 e. The molecule has 0 bridgehead atoms. The van der Waals surface area contributed by atoms with Gasteiger partial charge in [-0.25, -0.2) is 0 Å². The Labute approximate surface area is 80.9 Å². The first-order valence-corrected chi connectivity index (χ1v) is 5.77. The summed E-state index contributed by atoms with van der Waals surface area (Å²) in [5, 5.41) is 0. The van der Waals surface area contributed by atoms with Gasteiger partial charge in [0.2, 0.25) is 0 Å². The Balaban J connectivity index is 1.87. The van der Waals surface area contributed by atoms with Crippen LogP contribution in [-0.2, 0) is 4.79 Å². The lowest BCUT2D eigenvalue weighted by Crippen LogP contribution is -2.23. The number of rotatable bonds is 3. The second kappa shape index (κ2) is 3.43. The van der Waals surface area contributed by atoms with E-state index < -0.39 is 0 Å². The largest absolute Gasteiger partial charge is 0.303 e. The summed E-state index contributed by atoms with van der Waals surface area (Å²) in [5.41, 5.74) is 0.165. The Hall–Kier alpha value is -0.330. The molecule has 0 aliphatic heterocycles. The first-order chi connectivity index (χ1) is 6.30. The summed E-state index contributed by atoms with van der Waals surface area (Å²) in [6.45, 7) is 2.29. The van der Waals surface area contributed by atoms with E-state index in [-0.39, 0.29) is 5.41 Å². The Morgan fingerprint density at radius 2 is 1.85 bits per heavy atom. The Morgan fingerprint density at radius 1 is 1.23 bits per heavy atom. The maximum atomic E-state index is 10.9. The van der Waals surface area contributed by atoms with Crippen molar-refractivity contribution in [3.05, 3.63) is 0 Å². The molecule has 0 heterocycles. The van der Waals surface area contributed by atoms with E-state index in [2.05, 4.69) is 6.92 Å². The van der Waals surface area contributed by atoms with Crippen molar-refractivity contribution < 1.29 is 4.79 Å². The lowest BCUT2D eigenvalue weighted by Gasteiger charge is -2.31. The van der Waals surface area contributed by atoms with Gasteiger partial charge in [0.25, 0.3) is 0 Å². The summed E-state index contributed by atoms with van der Waals surface area (Å²) in [5.74, 6) is 1.70. The third-order valence-corrected chi connectivity index (χ3v) is 4.30. The Morgan fingerprint density at radius 3 is 2.23 bits per heavy atom. The maximum Gasteiger partial charge on any atom is 0.126 e. The van der Waals surface area contributed by atoms with E-state index in [4.69, 9.17) is 0 Å². The maximum absolute atomic E-state index is 10.9. The van der Waals surface area contributed by atoms with Crippen molar-refractivity contribution in [3.63, 3.8) is 0 Å². The van der Waals surface area contributed by atoms with Crippen molar-refractivity contribution >= 4 is 6.29 Å². The SMILES string of the molecule is CCC1CCC(C2(C=O)CC2)CC1. The fourth-order valence-corrected chi connectivity index (χ4v) is 2.91. The van der Waals surface area contributed by atoms with Gasteiger partial charge in [0, 0.05) is 5.41 Å². The fraction of sp³-hybridized carbons (Fsp3) is 0.917. The molecular weight excluding hydrogens is 160 g/mol. The predicted molar refractivity (Wildman–Crippen MR) is 53.5 cm³/mol. The second-order valence-corrected chi connectivity index (χ2v) is 4.98. The van der Waals surface area contributed by atoms with Crippen LogP contribution in [-0.4, -0.2) is 6.29 Å². The lowest BCUT2D eigenvalue weighted by atomic mass is 9.74. The van der Waals surface area contributed by atoms with Gasteiger partial charge in [-0.1, -0.05) is 26.2 Å². The van der Waals surface area contributed by atoms with Gasteiger partial charge in [-0.05, 0) is 37.5 Å². The third-order valence-electron chi connectivity index (χ3n) is 4.30. The molecule has 0 aromatic rings. The molecule has 0 N–H and O–H groups in total. The minimum atomic E-state index is 0.165. The van der Waals surface area contributed by atoms with Crippen LogP contribution in [0.25, 0.3) is 0 Å². The van der Waals surface area contributed by atoms with Crippen molar-refractivity contribution in [2.75, 3.05) is 0 Å². The number of aldehydes is 1. The molecule has 0 atom stereocenters.